The minimum absolute atomic E-state index is 0.0832. The van der Waals surface area contributed by atoms with E-state index in [2.05, 4.69) is 36.1 Å². The van der Waals surface area contributed by atoms with Crippen LogP contribution in [0.1, 0.15) is 37.0 Å². The molecule has 0 saturated heterocycles. The summed E-state index contributed by atoms with van der Waals surface area (Å²) in [4.78, 5) is 12.9. The fraction of sp³-hybridized carbons (Fsp3) is 0.381. The maximum Gasteiger partial charge on any atom is 0.303 e. The van der Waals surface area contributed by atoms with Gasteiger partial charge in [-0.1, -0.05) is 67.6 Å². The van der Waals surface area contributed by atoms with Gasteiger partial charge in [-0.25, -0.2) is 0 Å². The number of carbonyl (C=O) groups is 1. The first kappa shape index (κ1) is 19.2. The summed E-state index contributed by atoms with van der Waals surface area (Å²) in [6, 6.07) is 20.5. The Hall–Kier alpha value is -2.17. The third-order valence-corrected chi connectivity index (χ3v) is 4.21. The molecule has 0 saturated carbocycles. The quantitative estimate of drug-likeness (QED) is 0.672. The summed E-state index contributed by atoms with van der Waals surface area (Å²) >= 11 is 0. The summed E-state index contributed by atoms with van der Waals surface area (Å²) in [6.45, 7) is 5.17. The predicted octanol–water partition coefficient (Wildman–Crippen LogP) is 3.98. The van der Waals surface area contributed by atoms with E-state index in [0.29, 0.717) is 13.0 Å². The number of carboxylic acid groups (broad SMARTS) is 1. The van der Waals surface area contributed by atoms with Gasteiger partial charge in [0.1, 0.15) is 6.10 Å². The van der Waals surface area contributed by atoms with Crippen molar-refractivity contribution in [3.8, 4) is 0 Å². The van der Waals surface area contributed by atoms with Crippen LogP contribution in [0, 0.1) is 0 Å². The number of carboxylic acids is 1. The topological polar surface area (TPSA) is 49.8 Å². The van der Waals surface area contributed by atoms with Gasteiger partial charge < -0.3 is 14.7 Å². The summed E-state index contributed by atoms with van der Waals surface area (Å²) < 4.78 is 6.22. The molecule has 0 radical (unpaired) electrons. The van der Waals surface area contributed by atoms with Gasteiger partial charge in [0.2, 0.25) is 0 Å². The second-order valence-electron chi connectivity index (χ2n) is 6.00. The summed E-state index contributed by atoms with van der Waals surface area (Å²) in [5.74, 6) is -0.736. The van der Waals surface area contributed by atoms with E-state index in [0.717, 1.165) is 30.8 Å². The zero-order valence-electron chi connectivity index (χ0n) is 14.8. The Bertz CT molecular complexity index is 576. The predicted molar refractivity (Wildman–Crippen MR) is 99.7 cm³/mol. The number of aliphatic carboxylic acids is 1. The van der Waals surface area contributed by atoms with E-state index in [9.17, 15) is 4.79 Å². The van der Waals surface area contributed by atoms with Gasteiger partial charge in [0, 0.05) is 13.0 Å². The SMILES string of the molecule is CCN(CCCC(=O)O)CCOC(c1ccccc1)c1ccccc1. The number of likely N-dealkylation sites (N-methyl/N-ethyl adjacent to an activating group) is 1. The Kier molecular flexibility index (Phi) is 8.16. The van der Waals surface area contributed by atoms with E-state index in [1.54, 1.807) is 0 Å². The first-order valence-electron chi connectivity index (χ1n) is 8.86. The van der Waals surface area contributed by atoms with Crippen LogP contribution in [0.25, 0.3) is 0 Å². The summed E-state index contributed by atoms with van der Waals surface area (Å²) in [5.41, 5.74) is 2.28. The Morgan fingerprint density at radius 1 is 1.00 bits per heavy atom. The Balaban J connectivity index is 1.92. The van der Waals surface area contributed by atoms with Crippen molar-refractivity contribution in [1.29, 1.82) is 0 Å². The van der Waals surface area contributed by atoms with E-state index in [4.69, 9.17) is 9.84 Å². The molecule has 25 heavy (non-hydrogen) atoms. The standard InChI is InChI=1S/C21H27NO3/c1-2-22(15-9-14-20(23)24)16-17-25-21(18-10-5-3-6-11-18)19-12-7-4-8-13-19/h3-8,10-13,21H,2,9,14-17H2,1H3,(H,23,24). The Morgan fingerprint density at radius 3 is 2.04 bits per heavy atom. The Labute approximate surface area is 150 Å². The van der Waals surface area contributed by atoms with E-state index >= 15 is 0 Å². The van der Waals surface area contributed by atoms with Gasteiger partial charge in [0.25, 0.3) is 0 Å². The lowest BCUT2D eigenvalue weighted by Gasteiger charge is -2.23. The highest BCUT2D eigenvalue weighted by atomic mass is 16.5. The molecule has 4 heteroatoms. The average Bonchev–Trinajstić information content (AvgIpc) is 2.65. The Morgan fingerprint density at radius 2 is 1.56 bits per heavy atom. The number of benzene rings is 2. The van der Waals surface area contributed by atoms with Crippen LogP contribution in [-0.2, 0) is 9.53 Å². The maximum atomic E-state index is 10.6. The van der Waals surface area contributed by atoms with Crippen molar-refractivity contribution >= 4 is 5.97 Å². The summed E-state index contributed by atoms with van der Waals surface area (Å²) in [7, 11) is 0. The normalized spacial score (nSPS) is 11.2. The van der Waals surface area contributed by atoms with Crippen LogP contribution in [0.2, 0.25) is 0 Å². The highest BCUT2D eigenvalue weighted by molar-refractivity contribution is 5.66. The zero-order valence-corrected chi connectivity index (χ0v) is 14.8. The smallest absolute Gasteiger partial charge is 0.303 e. The molecule has 0 heterocycles. The molecule has 0 aliphatic heterocycles. The molecule has 1 N–H and O–H groups in total. The second kappa shape index (κ2) is 10.6. The van der Waals surface area contributed by atoms with E-state index in [-0.39, 0.29) is 12.5 Å². The molecule has 0 aromatic heterocycles. The zero-order chi connectivity index (χ0) is 17.9. The summed E-state index contributed by atoms with van der Waals surface area (Å²) in [6.07, 6.45) is 0.804. The van der Waals surface area contributed by atoms with Crippen molar-refractivity contribution in [1.82, 2.24) is 4.90 Å². The minimum Gasteiger partial charge on any atom is -0.481 e. The fourth-order valence-electron chi connectivity index (χ4n) is 2.82. The van der Waals surface area contributed by atoms with Crippen LogP contribution in [0.15, 0.2) is 60.7 Å². The molecule has 0 bridgehead atoms. The van der Waals surface area contributed by atoms with E-state index in [1.165, 1.54) is 0 Å². The minimum atomic E-state index is -0.736. The van der Waals surface area contributed by atoms with Crippen LogP contribution in [0.4, 0.5) is 0 Å². The molecule has 4 nitrogen and oxygen atoms in total. The molecule has 0 unspecified atom stereocenters. The third-order valence-electron chi connectivity index (χ3n) is 4.21. The highest BCUT2D eigenvalue weighted by Crippen LogP contribution is 2.25. The fourth-order valence-corrected chi connectivity index (χ4v) is 2.82. The first-order valence-corrected chi connectivity index (χ1v) is 8.86. The molecule has 0 amide bonds. The molecular formula is C21H27NO3. The maximum absolute atomic E-state index is 10.6. The van der Waals surface area contributed by atoms with Gasteiger partial charge in [-0.3, -0.25) is 4.79 Å². The lowest BCUT2D eigenvalue weighted by Crippen LogP contribution is -2.29. The molecule has 2 rings (SSSR count). The van der Waals surface area contributed by atoms with Crippen molar-refractivity contribution in [2.24, 2.45) is 0 Å². The monoisotopic (exact) mass is 341 g/mol. The van der Waals surface area contributed by atoms with Crippen LogP contribution in [0.3, 0.4) is 0 Å². The number of hydrogen-bond donors (Lipinski definition) is 1. The molecule has 0 aliphatic rings. The van der Waals surface area contributed by atoms with Crippen molar-refractivity contribution < 1.29 is 14.6 Å². The van der Waals surface area contributed by atoms with Crippen LogP contribution in [-0.4, -0.2) is 42.2 Å². The van der Waals surface area contributed by atoms with Crippen molar-refractivity contribution in [2.45, 2.75) is 25.9 Å². The van der Waals surface area contributed by atoms with Crippen LogP contribution >= 0.6 is 0 Å². The molecular weight excluding hydrogens is 314 g/mol. The van der Waals surface area contributed by atoms with Gasteiger partial charge in [0.15, 0.2) is 0 Å². The van der Waals surface area contributed by atoms with Gasteiger partial charge in [0.05, 0.1) is 6.61 Å². The largest absolute Gasteiger partial charge is 0.481 e. The van der Waals surface area contributed by atoms with Crippen molar-refractivity contribution in [3.63, 3.8) is 0 Å². The average molecular weight is 341 g/mol. The second-order valence-corrected chi connectivity index (χ2v) is 6.00. The molecule has 0 atom stereocenters. The molecule has 0 aliphatic carbocycles. The van der Waals surface area contributed by atoms with E-state index < -0.39 is 5.97 Å². The number of nitrogens with zero attached hydrogens (tertiary/aromatic N) is 1. The number of rotatable bonds is 11. The highest BCUT2D eigenvalue weighted by Gasteiger charge is 2.14. The van der Waals surface area contributed by atoms with E-state index in [1.807, 2.05) is 36.4 Å². The first-order chi connectivity index (χ1) is 12.2. The summed E-state index contributed by atoms with van der Waals surface area (Å²) in [5, 5.41) is 8.76. The molecule has 134 valence electrons. The third kappa shape index (κ3) is 6.69. The molecule has 0 spiro atoms. The van der Waals surface area contributed by atoms with Crippen molar-refractivity contribution in [2.75, 3.05) is 26.2 Å². The van der Waals surface area contributed by atoms with Gasteiger partial charge in [-0.05, 0) is 30.6 Å². The van der Waals surface area contributed by atoms with Gasteiger partial charge in [-0.2, -0.15) is 0 Å². The van der Waals surface area contributed by atoms with Crippen molar-refractivity contribution in [3.05, 3.63) is 71.8 Å². The lowest BCUT2D eigenvalue weighted by atomic mass is 10.0. The molecule has 0 fully saturated rings. The van der Waals surface area contributed by atoms with Gasteiger partial charge in [-0.15, -0.1) is 0 Å². The number of ether oxygens (including phenoxy) is 1. The van der Waals surface area contributed by atoms with Crippen LogP contribution < -0.4 is 0 Å². The molecule has 2 aromatic rings. The van der Waals surface area contributed by atoms with Crippen LogP contribution in [0.5, 0.6) is 0 Å². The number of hydrogen-bond acceptors (Lipinski definition) is 3. The molecule has 2 aromatic carbocycles. The van der Waals surface area contributed by atoms with Gasteiger partial charge >= 0.3 is 5.97 Å². The lowest BCUT2D eigenvalue weighted by molar-refractivity contribution is -0.137.